The van der Waals surface area contributed by atoms with E-state index in [9.17, 15) is 9.18 Å². The molecule has 3 nitrogen and oxygen atoms in total. The Kier molecular flexibility index (Phi) is 2.04. The van der Waals surface area contributed by atoms with Gasteiger partial charge in [-0.25, -0.2) is 4.39 Å². The lowest BCUT2D eigenvalue weighted by Crippen LogP contribution is -2.01. The molecule has 1 aromatic heterocycles. The number of hydrogen-bond donors (Lipinski definition) is 0. The van der Waals surface area contributed by atoms with Crippen LogP contribution in [-0.4, -0.2) is 16.1 Å². The van der Waals surface area contributed by atoms with Gasteiger partial charge in [0.15, 0.2) is 0 Å². The third kappa shape index (κ3) is 1.19. The molecule has 0 atom stereocenters. The van der Waals surface area contributed by atoms with Crippen molar-refractivity contribution in [3.8, 4) is 0 Å². The molecule has 1 heterocycles. The Balaban J connectivity index is 2.78. The third-order valence-electron chi connectivity index (χ3n) is 2.15. The molecule has 4 heteroatoms. The zero-order valence-electron chi connectivity index (χ0n) is 7.70. The van der Waals surface area contributed by atoms with Gasteiger partial charge in [-0.15, -0.1) is 0 Å². The van der Waals surface area contributed by atoms with Crippen LogP contribution in [0.15, 0.2) is 18.2 Å². The van der Waals surface area contributed by atoms with Crippen molar-refractivity contribution < 1.29 is 9.18 Å². The van der Waals surface area contributed by atoms with Gasteiger partial charge in [-0.2, -0.15) is 5.10 Å². The second-order valence-corrected chi connectivity index (χ2v) is 3.07. The number of aromatic nitrogens is 2. The van der Waals surface area contributed by atoms with Gasteiger partial charge < -0.3 is 4.79 Å². The molecule has 0 saturated carbocycles. The maximum absolute atomic E-state index is 13.4. The first-order valence-corrected chi connectivity index (χ1v) is 4.29. The van der Waals surface area contributed by atoms with Crippen molar-refractivity contribution in [1.29, 1.82) is 0 Å². The van der Waals surface area contributed by atoms with Crippen molar-refractivity contribution in [2.75, 3.05) is 0 Å². The number of aryl methyl sites for hydroxylation is 1. The van der Waals surface area contributed by atoms with Crippen molar-refractivity contribution in [2.45, 2.75) is 13.5 Å². The highest BCUT2D eigenvalue weighted by molar-refractivity contribution is 5.82. The second-order valence-electron chi connectivity index (χ2n) is 3.07. The topological polar surface area (TPSA) is 34.9 Å². The van der Waals surface area contributed by atoms with E-state index in [1.54, 1.807) is 19.1 Å². The molecule has 2 rings (SSSR count). The van der Waals surface area contributed by atoms with E-state index in [-0.39, 0.29) is 12.4 Å². The van der Waals surface area contributed by atoms with E-state index in [0.29, 0.717) is 11.8 Å². The highest BCUT2D eigenvalue weighted by Gasteiger charge is 2.10. The van der Waals surface area contributed by atoms with Crippen LogP contribution in [-0.2, 0) is 11.3 Å². The fourth-order valence-electron chi connectivity index (χ4n) is 1.56. The monoisotopic (exact) mass is 192 g/mol. The van der Waals surface area contributed by atoms with Gasteiger partial charge in [0.25, 0.3) is 0 Å². The van der Waals surface area contributed by atoms with Gasteiger partial charge in [0.05, 0.1) is 12.2 Å². The van der Waals surface area contributed by atoms with Crippen LogP contribution in [0.5, 0.6) is 0 Å². The van der Waals surface area contributed by atoms with E-state index in [2.05, 4.69) is 5.10 Å². The highest BCUT2D eigenvalue weighted by Crippen LogP contribution is 2.20. The maximum Gasteiger partial charge on any atom is 0.149 e. The summed E-state index contributed by atoms with van der Waals surface area (Å²) >= 11 is 0. The standard InChI is InChI=1S/C10H9FN2O/c1-7-8-3-2-4-9(11)10(8)13(12-7)5-6-14/h2-4,6H,5H2,1H3. The van der Waals surface area contributed by atoms with Crippen molar-refractivity contribution in [1.82, 2.24) is 9.78 Å². The minimum absolute atomic E-state index is 0.0886. The average Bonchev–Trinajstić information content (AvgIpc) is 2.46. The Bertz CT molecular complexity index is 490. The van der Waals surface area contributed by atoms with Gasteiger partial charge in [0.2, 0.25) is 0 Å². The molecule has 14 heavy (non-hydrogen) atoms. The molecule has 72 valence electrons. The summed E-state index contributed by atoms with van der Waals surface area (Å²) in [5, 5.41) is 4.84. The largest absolute Gasteiger partial charge is 0.301 e. The van der Waals surface area contributed by atoms with Crippen molar-refractivity contribution in [3.63, 3.8) is 0 Å². The second kappa shape index (κ2) is 3.21. The first-order valence-electron chi connectivity index (χ1n) is 4.29. The molecule has 0 fully saturated rings. The fraction of sp³-hybridized carbons (Fsp3) is 0.200. The van der Waals surface area contributed by atoms with Gasteiger partial charge in [0, 0.05) is 5.39 Å². The van der Waals surface area contributed by atoms with Gasteiger partial charge in [-0.1, -0.05) is 12.1 Å². The minimum Gasteiger partial charge on any atom is -0.301 e. The van der Waals surface area contributed by atoms with E-state index in [4.69, 9.17) is 0 Å². The van der Waals surface area contributed by atoms with Crippen LogP contribution in [0.25, 0.3) is 10.9 Å². The minimum atomic E-state index is -0.343. The summed E-state index contributed by atoms with van der Waals surface area (Å²) in [7, 11) is 0. The Morgan fingerprint density at radius 3 is 3.07 bits per heavy atom. The zero-order valence-corrected chi connectivity index (χ0v) is 7.70. The van der Waals surface area contributed by atoms with Crippen LogP contribution >= 0.6 is 0 Å². The number of nitrogens with zero attached hydrogens (tertiary/aromatic N) is 2. The molecule has 2 aromatic rings. The van der Waals surface area contributed by atoms with E-state index in [1.165, 1.54) is 10.7 Å². The number of carbonyl (C=O) groups is 1. The van der Waals surface area contributed by atoms with Gasteiger partial charge in [-0.3, -0.25) is 4.68 Å². The summed E-state index contributed by atoms with van der Waals surface area (Å²) in [5.74, 6) is -0.343. The molecular formula is C10H9FN2O. The first-order chi connectivity index (χ1) is 6.74. The molecule has 0 spiro atoms. The van der Waals surface area contributed by atoms with E-state index >= 15 is 0 Å². The number of halogens is 1. The lowest BCUT2D eigenvalue weighted by atomic mass is 10.2. The number of benzene rings is 1. The van der Waals surface area contributed by atoms with E-state index < -0.39 is 0 Å². The fourth-order valence-corrected chi connectivity index (χ4v) is 1.56. The van der Waals surface area contributed by atoms with Crippen LogP contribution in [0.4, 0.5) is 4.39 Å². The zero-order chi connectivity index (χ0) is 10.1. The van der Waals surface area contributed by atoms with Crippen LogP contribution in [0, 0.1) is 12.7 Å². The Morgan fingerprint density at radius 2 is 2.36 bits per heavy atom. The third-order valence-corrected chi connectivity index (χ3v) is 2.15. The maximum atomic E-state index is 13.4. The average molecular weight is 192 g/mol. The van der Waals surface area contributed by atoms with Gasteiger partial charge in [0.1, 0.15) is 17.6 Å². The summed E-state index contributed by atoms with van der Waals surface area (Å²) in [6, 6.07) is 4.80. The number of fused-ring (bicyclic) bond motifs is 1. The molecule has 0 unspecified atom stereocenters. The van der Waals surface area contributed by atoms with Crippen LogP contribution in [0.3, 0.4) is 0 Å². The summed E-state index contributed by atoms with van der Waals surface area (Å²) in [6.07, 6.45) is 0.707. The van der Waals surface area contributed by atoms with Crippen molar-refractivity contribution >= 4 is 17.2 Å². The Morgan fingerprint density at radius 1 is 1.57 bits per heavy atom. The molecule has 0 radical (unpaired) electrons. The lowest BCUT2D eigenvalue weighted by Gasteiger charge is -1.97. The molecule has 0 aliphatic rings. The SMILES string of the molecule is Cc1nn(CC=O)c2c(F)cccc12. The molecule has 0 saturated heterocycles. The molecule has 0 aliphatic carbocycles. The van der Waals surface area contributed by atoms with Crippen molar-refractivity contribution in [2.24, 2.45) is 0 Å². The van der Waals surface area contributed by atoms with Crippen LogP contribution < -0.4 is 0 Å². The molecule has 0 aliphatic heterocycles. The lowest BCUT2D eigenvalue weighted by molar-refractivity contribution is -0.108. The summed E-state index contributed by atoms with van der Waals surface area (Å²) in [4.78, 5) is 10.4. The van der Waals surface area contributed by atoms with Crippen LogP contribution in [0.1, 0.15) is 5.69 Å². The van der Waals surface area contributed by atoms with Crippen molar-refractivity contribution in [3.05, 3.63) is 29.7 Å². The van der Waals surface area contributed by atoms with Gasteiger partial charge >= 0.3 is 0 Å². The quantitative estimate of drug-likeness (QED) is 0.678. The number of aldehydes is 1. The molecule has 0 amide bonds. The van der Waals surface area contributed by atoms with E-state index in [1.807, 2.05) is 0 Å². The number of para-hydroxylation sites is 1. The Labute approximate surface area is 80.1 Å². The first kappa shape index (κ1) is 8.87. The molecule has 0 bridgehead atoms. The number of rotatable bonds is 2. The number of hydrogen-bond acceptors (Lipinski definition) is 2. The van der Waals surface area contributed by atoms with E-state index in [0.717, 1.165) is 11.1 Å². The molecule has 0 N–H and O–H groups in total. The highest BCUT2D eigenvalue weighted by atomic mass is 19.1. The smallest absolute Gasteiger partial charge is 0.149 e. The van der Waals surface area contributed by atoms with Crippen LogP contribution in [0.2, 0.25) is 0 Å². The number of carbonyl (C=O) groups excluding carboxylic acids is 1. The molecule has 1 aromatic carbocycles. The summed E-state index contributed by atoms with van der Waals surface area (Å²) in [6.45, 7) is 1.88. The predicted octanol–water partition coefficient (Wildman–Crippen LogP) is 1.68. The predicted molar refractivity (Wildman–Crippen MR) is 50.5 cm³/mol. The van der Waals surface area contributed by atoms with Gasteiger partial charge in [-0.05, 0) is 13.0 Å². The molecular weight excluding hydrogens is 183 g/mol. The summed E-state index contributed by atoms with van der Waals surface area (Å²) in [5.41, 5.74) is 1.14. The Hall–Kier alpha value is -1.71. The normalized spacial score (nSPS) is 10.7. The summed E-state index contributed by atoms with van der Waals surface area (Å²) < 4.78 is 14.8.